The summed E-state index contributed by atoms with van der Waals surface area (Å²) in [7, 11) is 1.78. The van der Waals surface area contributed by atoms with Crippen molar-refractivity contribution in [2.75, 3.05) is 6.54 Å². The standard InChI is InChI=1S/C25H23F3N6O/c1-32-15-21-20-14-17(24(35)30-10-2-3-12-33-13-11-29-16-33)4-9-22(20)34(23(21)31-32)19-7-5-18(6-8-19)25(26,27)28/h4-9,11,13-16H,2-3,10,12H2,1H3,(H,30,35). The first-order valence-corrected chi connectivity index (χ1v) is 11.2. The van der Waals surface area contributed by atoms with Gasteiger partial charge in [0, 0.05) is 60.8 Å². The molecule has 10 heteroatoms. The molecule has 0 aliphatic rings. The van der Waals surface area contributed by atoms with Crippen LogP contribution in [-0.4, -0.2) is 36.4 Å². The number of hydrogen-bond acceptors (Lipinski definition) is 3. The number of hydrogen-bond donors (Lipinski definition) is 1. The van der Waals surface area contributed by atoms with E-state index in [0.29, 0.717) is 23.4 Å². The van der Waals surface area contributed by atoms with Gasteiger partial charge in [0.15, 0.2) is 5.65 Å². The Labute approximate surface area is 198 Å². The molecule has 0 atom stereocenters. The number of amides is 1. The smallest absolute Gasteiger partial charge is 0.352 e. The lowest BCUT2D eigenvalue weighted by Gasteiger charge is -2.10. The predicted octanol–water partition coefficient (Wildman–Crippen LogP) is 4.94. The highest BCUT2D eigenvalue weighted by Gasteiger charge is 2.30. The summed E-state index contributed by atoms with van der Waals surface area (Å²) in [4.78, 5) is 16.8. The predicted molar refractivity (Wildman–Crippen MR) is 126 cm³/mol. The van der Waals surface area contributed by atoms with E-state index < -0.39 is 11.7 Å². The summed E-state index contributed by atoms with van der Waals surface area (Å²) in [6.07, 6.45) is 4.61. The molecule has 7 nitrogen and oxygen atoms in total. The molecule has 0 aliphatic heterocycles. The van der Waals surface area contributed by atoms with Gasteiger partial charge in [-0.15, -0.1) is 0 Å². The molecule has 0 saturated carbocycles. The van der Waals surface area contributed by atoms with Gasteiger partial charge in [-0.2, -0.15) is 18.3 Å². The Balaban J connectivity index is 1.39. The molecule has 5 aromatic rings. The van der Waals surface area contributed by atoms with Gasteiger partial charge in [-0.25, -0.2) is 4.98 Å². The Morgan fingerprint density at radius 2 is 1.86 bits per heavy atom. The Morgan fingerprint density at radius 3 is 2.57 bits per heavy atom. The van der Waals surface area contributed by atoms with E-state index in [-0.39, 0.29) is 5.91 Å². The molecule has 0 bridgehead atoms. The van der Waals surface area contributed by atoms with Crippen LogP contribution in [0.5, 0.6) is 0 Å². The fourth-order valence-corrected chi connectivity index (χ4v) is 4.24. The average Bonchev–Trinajstić information content (AvgIpc) is 3.54. The summed E-state index contributed by atoms with van der Waals surface area (Å²) in [5.41, 5.74) is 1.74. The number of imidazole rings is 1. The van der Waals surface area contributed by atoms with Crippen LogP contribution in [-0.2, 0) is 19.8 Å². The first-order chi connectivity index (χ1) is 16.8. The zero-order valence-electron chi connectivity index (χ0n) is 19.0. The topological polar surface area (TPSA) is 69.7 Å². The second-order valence-corrected chi connectivity index (χ2v) is 8.42. The number of alkyl halides is 3. The van der Waals surface area contributed by atoms with Crippen LogP contribution in [0.4, 0.5) is 13.2 Å². The van der Waals surface area contributed by atoms with Crippen LogP contribution in [0.1, 0.15) is 28.8 Å². The molecular formula is C25H23F3N6O. The van der Waals surface area contributed by atoms with E-state index in [4.69, 9.17) is 0 Å². The van der Waals surface area contributed by atoms with Crippen molar-refractivity contribution in [3.05, 3.63) is 78.5 Å². The van der Waals surface area contributed by atoms with Crippen LogP contribution in [0.25, 0.3) is 27.6 Å². The Kier molecular flexibility index (Phi) is 5.80. The maximum atomic E-state index is 13.0. The third-order valence-corrected chi connectivity index (χ3v) is 5.95. The maximum absolute atomic E-state index is 13.0. The maximum Gasteiger partial charge on any atom is 0.416 e. The van der Waals surface area contributed by atoms with E-state index in [9.17, 15) is 18.0 Å². The summed E-state index contributed by atoms with van der Waals surface area (Å²) in [6.45, 7) is 1.40. The summed E-state index contributed by atoms with van der Waals surface area (Å²) in [5.74, 6) is -0.172. The van der Waals surface area contributed by atoms with E-state index in [2.05, 4.69) is 15.4 Å². The van der Waals surface area contributed by atoms with E-state index in [1.54, 1.807) is 36.4 Å². The number of halogens is 3. The first-order valence-electron chi connectivity index (χ1n) is 11.2. The van der Waals surface area contributed by atoms with Crippen LogP contribution >= 0.6 is 0 Å². The first kappa shape index (κ1) is 22.7. The van der Waals surface area contributed by atoms with Gasteiger partial charge in [-0.3, -0.25) is 14.0 Å². The number of nitrogens with one attached hydrogen (secondary N) is 1. The Hall–Kier alpha value is -4.08. The molecule has 0 radical (unpaired) electrons. The Bertz CT molecular complexity index is 1480. The van der Waals surface area contributed by atoms with Crippen molar-refractivity contribution in [3.8, 4) is 5.69 Å². The largest absolute Gasteiger partial charge is 0.416 e. The number of carbonyl (C=O) groups is 1. The molecular weight excluding hydrogens is 457 g/mol. The molecule has 1 amide bonds. The molecule has 0 spiro atoms. The number of benzene rings is 2. The van der Waals surface area contributed by atoms with Crippen LogP contribution in [0, 0.1) is 0 Å². The average molecular weight is 480 g/mol. The van der Waals surface area contributed by atoms with Gasteiger partial charge < -0.3 is 9.88 Å². The molecule has 0 aliphatic carbocycles. The minimum Gasteiger partial charge on any atom is -0.352 e. The van der Waals surface area contributed by atoms with Gasteiger partial charge in [0.2, 0.25) is 0 Å². The normalized spacial score (nSPS) is 12.0. The minimum absolute atomic E-state index is 0.172. The second-order valence-electron chi connectivity index (χ2n) is 8.42. The summed E-state index contributed by atoms with van der Waals surface area (Å²) in [6, 6.07) is 10.3. The van der Waals surface area contributed by atoms with Crippen LogP contribution < -0.4 is 5.32 Å². The van der Waals surface area contributed by atoms with Crippen LogP contribution in [0.15, 0.2) is 67.4 Å². The number of unbranched alkanes of at least 4 members (excludes halogenated alkanes) is 1. The molecule has 0 unspecified atom stereocenters. The van der Waals surface area contributed by atoms with E-state index in [1.165, 1.54) is 12.1 Å². The lowest BCUT2D eigenvalue weighted by molar-refractivity contribution is -0.137. The zero-order valence-corrected chi connectivity index (χ0v) is 19.0. The number of fused-ring (bicyclic) bond motifs is 3. The monoisotopic (exact) mass is 480 g/mol. The number of aromatic nitrogens is 5. The molecule has 3 heterocycles. The van der Waals surface area contributed by atoms with E-state index in [1.807, 2.05) is 27.6 Å². The SMILES string of the molecule is Cn1cc2c3cc(C(=O)NCCCCn4ccnc4)ccc3n(-c3ccc(C(F)(F)F)cc3)c2n1. The summed E-state index contributed by atoms with van der Waals surface area (Å²) in [5, 5.41) is 9.10. The van der Waals surface area contributed by atoms with Gasteiger partial charge >= 0.3 is 6.18 Å². The van der Waals surface area contributed by atoms with Gasteiger partial charge in [-0.1, -0.05) is 0 Å². The van der Waals surface area contributed by atoms with Crippen molar-refractivity contribution in [2.24, 2.45) is 7.05 Å². The zero-order chi connectivity index (χ0) is 24.6. The van der Waals surface area contributed by atoms with E-state index >= 15 is 0 Å². The van der Waals surface area contributed by atoms with Gasteiger partial charge in [0.25, 0.3) is 5.91 Å². The minimum atomic E-state index is -4.40. The second kappa shape index (κ2) is 8.94. The van der Waals surface area contributed by atoms with Crippen LogP contribution in [0.3, 0.4) is 0 Å². The molecule has 35 heavy (non-hydrogen) atoms. The molecule has 3 aromatic heterocycles. The fourth-order valence-electron chi connectivity index (χ4n) is 4.24. The number of rotatable bonds is 7. The number of carbonyl (C=O) groups excluding carboxylic acids is 1. The van der Waals surface area contributed by atoms with Gasteiger partial charge in [-0.05, 0) is 55.3 Å². The van der Waals surface area contributed by atoms with Gasteiger partial charge in [0.1, 0.15) is 0 Å². The fraction of sp³-hybridized carbons (Fsp3) is 0.240. The van der Waals surface area contributed by atoms with Crippen molar-refractivity contribution in [1.82, 2.24) is 29.2 Å². The highest BCUT2D eigenvalue weighted by atomic mass is 19.4. The summed E-state index contributed by atoms with van der Waals surface area (Å²) < 4.78 is 44.5. The molecule has 2 aromatic carbocycles. The molecule has 180 valence electrons. The number of nitrogens with zero attached hydrogens (tertiary/aromatic N) is 5. The highest BCUT2D eigenvalue weighted by molar-refractivity contribution is 6.10. The van der Waals surface area contributed by atoms with Crippen molar-refractivity contribution in [3.63, 3.8) is 0 Å². The molecule has 1 N–H and O–H groups in total. The van der Waals surface area contributed by atoms with Crippen LogP contribution in [0.2, 0.25) is 0 Å². The quantitative estimate of drug-likeness (QED) is 0.336. The molecule has 0 fully saturated rings. The van der Waals surface area contributed by atoms with Crippen molar-refractivity contribution in [2.45, 2.75) is 25.6 Å². The Morgan fingerprint density at radius 1 is 1.06 bits per heavy atom. The lowest BCUT2D eigenvalue weighted by Crippen LogP contribution is -2.24. The number of aryl methyl sites for hydroxylation is 2. The van der Waals surface area contributed by atoms with Gasteiger partial charge in [0.05, 0.1) is 17.4 Å². The molecule has 0 saturated heterocycles. The van der Waals surface area contributed by atoms with Crippen molar-refractivity contribution >= 4 is 27.8 Å². The lowest BCUT2D eigenvalue weighted by atomic mass is 10.1. The molecule has 5 rings (SSSR count). The summed E-state index contributed by atoms with van der Waals surface area (Å²) >= 11 is 0. The third-order valence-electron chi connectivity index (χ3n) is 5.95. The van der Waals surface area contributed by atoms with Crippen molar-refractivity contribution < 1.29 is 18.0 Å². The third kappa shape index (κ3) is 4.51. The van der Waals surface area contributed by atoms with Crippen molar-refractivity contribution in [1.29, 1.82) is 0 Å². The van der Waals surface area contributed by atoms with E-state index in [0.717, 1.165) is 47.8 Å². The highest BCUT2D eigenvalue weighted by Crippen LogP contribution is 2.34.